The largest absolute Gasteiger partial charge is 0.378 e. The van der Waals surface area contributed by atoms with Crippen molar-refractivity contribution in [2.24, 2.45) is 13.0 Å². The highest BCUT2D eigenvalue weighted by molar-refractivity contribution is 4.99. The number of aryl methyl sites for hydroxylation is 1. The lowest BCUT2D eigenvalue weighted by Gasteiger charge is -2.27. The molecule has 0 aromatic carbocycles. The molecule has 3 atom stereocenters. The van der Waals surface area contributed by atoms with Gasteiger partial charge in [-0.2, -0.15) is 0 Å². The minimum Gasteiger partial charge on any atom is -0.378 e. The van der Waals surface area contributed by atoms with Crippen LogP contribution in [0.25, 0.3) is 0 Å². The summed E-state index contributed by atoms with van der Waals surface area (Å²) in [5.74, 6) is 0.596. The van der Waals surface area contributed by atoms with E-state index in [0.717, 1.165) is 44.5 Å². The van der Waals surface area contributed by atoms with Crippen LogP contribution in [0.3, 0.4) is 0 Å². The fourth-order valence-electron chi connectivity index (χ4n) is 2.96. The van der Waals surface area contributed by atoms with Crippen molar-refractivity contribution in [1.82, 2.24) is 20.3 Å². The molecule has 0 amide bonds. The molecule has 19 heavy (non-hydrogen) atoms. The molecule has 108 valence electrons. The number of hydrogen-bond donors (Lipinski definition) is 1. The van der Waals surface area contributed by atoms with Gasteiger partial charge in [0.15, 0.2) is 0 Å². The van der Waals surface area contributed by atoms with Gasteiger partial charge in [-0.1, -0.05) is 19.1 Å². The van der Waals surface area contributed by atoms with Gasteiger partial charge in [0.05, 0.1) is 11.8 Å². The second-order valence-electron chi connectivity index (χ2n) is 5.42. The summed E-state index contributed by atoms with van der Waals surface area (Å²) in [7, 11) is 1.92. The number of rotatable bonds is 7. The molecule has 5 nitrogen and oxygen atoms in total. The lowest BCUT2D eigenvalue weighted by molar-refractivity contribution is 0.0773. The Morgan fingerprint density at radius 2 is 2.37 bits per heavy atom. The van der Waals surface area contributed by atoms with Crippen LogP contribution in [0.5, 0.6) is 0 Å². The highest BCUT2D eigenvalue weighted by atomic mass is 16.5. The molecule has 2 rings (SSSR count). The molecule has 1 aromatic heterocycles. The molecular formula is C14H26N4O. The first-order valence-electron chi connectivity index (χ1n) is 7.44. The summed E-state index contributed by atoms with van der Waals surface area (Å²) in [6, 6.07) is 0.448. The maximum absolute atomic E-state index is 5.84. The first-order chi connectivity index (χ1) is 9.24. The minimum absolute atomic E-state index is 0.394. The van der Waals surface area contributed by atoms with E-state index < -0.39 is 0 Å². The topological polar surface area (TPSA) is 52.0 Å². The van der Waals surface area contributed by atoms with Crippen LogP contribution in [-0.2, 0) is 18.2 Å². The smallest absolute Gasteiger partial charge is 0.0842 e. The zero-order valence-electron chi connectivity index (χ0n) is 12.3. The fraction of sp³-hybridized carbons (Fsp3) is 0.857. The Kier molecular flexibility index (Phi) is 5.34. The van der Waals surface area contributed by atoms with Crippen LogP contribution in [0.2, 0.25) is 0 Å². The summed E-state index contributed by atoms with van der Waals surface area (Å²) >= 11 is 0. The molecule has 0 radical (unpaired) electrons. The van der Waals surface area contributed by atoms with E-state index in [2.05, 4.69) is 29.5 Å². The molecule has 1 aliphatic rings. The molecule has 0 spiro atoms. The lowest BCUT2D eigenvalue weighted by atomic mass is 9.88. The van der Waals surface area contributed by atoms with Gasteiger partial charge < -0.3 is 10.1 Å². The van der Waals surface area contributed by atoms with Crippen molar-refractivity contribution in [1.29, 1.82) is 0 Å². The molecule has 0 saturated carbocycles. The highest BCUT2D eigenvalue weighted by Gasteiger charge is 2.33. The Labute approximate surface area is 115 Å². The van der Waals surface area contributed by atoms with E-state index in [1.54, 1.807) is 4.68 Å². The number of aromatic nitrogens is 3. The first kappa shape index (κ1) is 14.5. The molecular weight excluding hydrogens is 240 g/mol. The fourth-order valence-corrected chi connectivity index (χ4v) is 2.96. The summed E-state index contributed by atoms with van der Waals surface area (Å²) < 4.78 is 7.61. The molecule has 1 saturated heterocycles. The van der Waals surface area contributed by atoms with Crippen LogP contribution in [-0.4, -0.2) is 40.3 Å². The summed E-state index contributed by atoms with van der Waals surface area (Å²) in [6.07, 6.45) is 6.75. The molecule has 0 bridgehead atoms. The third-order valence-corrected chi connectivity index (χ3v) is 3.92. The van der Waals surface area contributed by atoms with E-state index in [4.69, 9.17) is 4.74 Å². The van der Waals surface area contributed by atoms with Crippen molar-refractivity contribution in [3.05, 3.63) is 11.9 Å². The summed E-state index contributed by atoms with van der Waals surface area (Å²) in [4.78, 5) is 0. The number of nitrogens with zero attached hydrogens (tertiary/aromatic N) is 3. The van der Waals surface area contributed by atoms with Crippen LogP contribution in [0.1, 0.15) is 38.8 Å². The van der Waals surface area contributed by atoms with Crippen LogP contribution >= 0.6 is 0 Å². The van der Waals surface area contributed by atoms with Gasteiger partial charge in [-0.05, 0) is 25.8 Å². The Morgan fingerprint density at radius 3 is 3.00 bits per heavy atom. The Bertz CT molecular complexity index is 379. The first-order valence-corrected chi connectivity index (χ1v) is 7.44. The normalized spacial score (nSPS) is 24.8. The number of nitrogens with one attached hydrogen (secondary N) is 1. The quantitative estimate of drug-likeness (QED) is 0.813. The van der Waals surface area contributed by atoms with E-state index in [9.17, 15) is 0 Å². The second-order valence-corrected chi connectivity index (χ2v) is 5.42. The van der Waals surface area contributed by atoms with Crippen LogP contribution in [0.4, 0.5) is 0 Å². The van der Waals surface area contributed by atoms with Crippen LogP contribution in [0.15, 0.2) is 6.20 Å². The van der Waals surface area contributed by atoms with Crippen molar-refractivity contribution in [2.75, 3.05) is 13.2 Å². The molecule has 1 aliphatic heterocycles. The highest BCUT2D eigenvalue weighted by Crippen LogP contribution is 2.28. The molecule has 1 N–H and O–H groups in total. The van der Waals surface area contributed by atoms with Crippen molar-refractivity contribution in [3.63, 3.8) is 0 Å². The molecule has 1 fully saturated rings. The molecule has 5 heteroatoms. The molecule has 2 heterocycles. The Hall–Kier alpha value is -0.940. The predicted molar refractivity (Wildman–Crippen MR) is 74.9 cm³/mol. The Balaban J connectivity index is 2.02. The number of ether oxygens (including phenoxy) is 1. The Morgan fingerprint density at radius 1 is 1.53 bits per heavy atom. The maximum Gasteiger partial charge on any atom is 0.0842 e. The van der Waals surface area contributed by atoms with Crippen molar-refractivity contribution < 1.29 is 4.74 Å². The van der Waals surface area contributed by atoms with Crippen molar-refractivity contribution in [2.45, 2.75) is 51.7 Å². The van der Waals surface area contributed by atoms with Crippen molar-refractivity contribution in [3.8, 4) is 0 Å². The number of hydrogen-bond acceptors (Lipinski definition) is 4. The average molecular weight is 266 g/mol. The second kappa shape index (κ2) is 7.01. The maximum atomic E-state index is 5.84. The van der Waals surface area contributed by atoms with E-state index in [0.29, 0.717) is 18.1 Å². The third-order valence-electron chi connectivity index (χ3n) is 3.92. The SMILES string of the molecule is CCCNC(Cc1cn(C)nn1)C1CCOC1CC. The van der Waals surface area contributed by atoms with E-state index in [1.807, 2.05) is 13.2 Å². The minimum atomic E-state index is 0.394. The molecule has 1 aromatic rings. The van der Waals surface area contributed by atoms with Crippen LogP contribution < -0.4 is 5.32 Å². The van der Waals surface area contributed by atoms with Gasteiger partial charge >= 0.3 is 0 Å². The van der Waals surface area contributed by atoms with E-state index in [-0.39, 0.29) is 0 Å². The summed E-state index contributed by atoms with van der Waals surface area (Å²) in [6.45, 7) is 6.36. The summed E-state index contributed by atoms with van der Waals surface area (Å²) in [5.41, 5.74) is 1.07. The predicted octanol–water partition coefficient (Wildman–Crippen LogP) is 1.54. The zero-order chi connectivity index (χ0) is 13.7. The standard InChI is InChI=1S/C14H26N4O/c1-4-7-15-13(9-11-10-18(3)17-16-11)12-6-8-19-14(12)5-2/h10,12-15H,4-9H2,1-3H3. The van der Waals surface area contributed by atoms with Crippen LogP contribution in [0, 0.1) is 5.92 Å². The van der Waals surface area contributed by atoms with Gasteiger partial charge in [0.1, 0.15) is 0 Å². The van der Waals surface area contributed by atoms with Gasteiger partial charge in [0, 0.05) is 38.2 Å². The van der Waals surface area contributed by atoms with E-state index in [1.165, 1.54) is 0 Å². The lowest BCUT2D eigenvalue weighted by Crippen LogP contribution is -2.42. The van der Waals surface area contributed by atoms with Gasteiger partial charge in [0.25, 0.3) is 0 Å². The van der Waals surface area contributed by atoms with E-state index >= 15 is 0 Å². The molecule has 3 unspecified atom stereocenters. The van der Waals surface area contributed by atoms with Gasteiger partial charge in [-0.3, -0.25) is 4.68 Å². The van der Waals surface area contributed by atoms with Crippen molar-refractivity contribution >= 4 is 0 Å². The third kappa shape index (κ3) is 3.76. The average Bonchev–Trinajstić information content (AvgIpc) is 3.03. The summed E-state index contributed by atoms with van der Waals surface area (Å²) in [5, 5.41) is 11.9. The van der Waals surface area contributed by atoms with Gasteiger partial charge in [-0.25, -0.2) is 0 Å². The molecule has 0 aliphatic carbocycles. The monoisotopic (exact) mass is 266 g/mol. The van der Waals surface area contributed by atoms with Gasteiger partial charge in [-0.15, -0.1) is 5.10 Å². The zero-order valence-corrected chi connectivity index (χ0v) is 12.3. The van der Waals surface area contributed by atoms with Gasteiger partial charge in [0.2, 0.25) is 0 Å².